The number of likely N-dealkylation sites (tertiary alicyclic amines) is 1. The Morgan fingerprint density at radius 3 is 3.00 bits per heavy atom. The Bertz CT molecular complexity index is 500. The van der Waals surface area contributed by atoms with Crippen LogP contribution < -0.4 is 11.1 Å². The lowest BCUT2D eigenvalue weighted by Crippen LogP contribution is -2.54. The molecule has 0 saturated carbocycles. The van der Waals surface area contributed by atoms with E-state index in [1.807, 2.05) is 0 Å². The van der Waals surface area contributed by atoms with Crippen LogP contribution in [0.2, 0.25) is 0 Å². The van der Waals surface area contributed by atoms with Gasteiger partial charge in [0.05, 0.1) is 0 Å². The average molecular weight is 324 g/mol. The molecule has 1 aliphatic heterocycles. The van der Waals surface area contributed by atoms with E-state index in [1.54, 1.807) is 5.38 Å². The Morgan fingerprint density at radius 2 is 2.36 bits per heavy atom. The number of piperidine rings is 1. The van der Waals surface area contributed by atoms with E-state index in [0.717, 1.165) is 24.0 Å². The maximum atomic E-state index is 12.2. The highest BCUT2D eigenvalue weighted by atomic mass is 32.1. The van der Waals surface area contributed by atoms with Crippen LogP contribution in [0.25, 0.3) is 0 Å². The van der Waals surface area contributed by atoms with Gasteiger partial charge in [-0.1, -0.05) is 13.3 Å². The van der Waals surface area contributed by atoms with Crippen LogP contribution in [-0.4, -0.2) is 41.0 Å². The first-order chi connectivity index (χ1) is 10.5. The highest BCUT2D eigenvalue weighted by Gasteiger charge is 2.31. The van der Waals surface area contributed by atoms with Crippen molar-refractivity contribution in [3.8, 4) is 0 Å². The van der Waals surface area contributed by atoms with E-state index in [-0.39, 0.29) is 11.4 Å². The Balaban J connectivity index is 1.89. The highest BCUT2D eigenvalue weighted by molar-refractivity contribution is 7.09. The molecule has 22 heavy (non-hydrogen) atoms. The normalized spacial score (nSPS) is 20.1. The summed E-state index contributed by atoms with van der Waals surface area (Å²) in [4.78, 5) is 18.9. The molecule has 1 saturated heterocycles. The summed E-state index contributed by atoms with van der Waals surface area (Å²) in [7, 11) is 0. The van der Waals surface area contributed by atoms with Crippen LogP contribution in [0.1, 0.15) is 55.5 Å². The van der Waals surface area contributed by atoms with Gasteiger partial charge in [0.2, 0.25) is 0 Å². The highest BCUT2D eigenvalue weighted by Crippen LogP contribution is 2.25. The van der Waals surface area contributed by atoms with Gasteiger partial charge in [-0.3, -0.25) is 9.69 Å². The summed E-state index contributed by atoms with van der Waals surface area (Å²) in [6.45, 7) is 9.95. The number of nitrogens with two attached hydrogens (primary N) is 1. The van der Waals surface area contributed by atoms with Gasteiger partial charge >= 0.3 is 0 Å². The minimum atomic E-state index is -0.104. The van der Waals surface area contributed by atoms with Crippen LogP contribution in [-0.2, 0) is 6.54 Å². The van der Waals surface area contributed by atoms with Gasteiger partial charge in [0, 0.05) is 30.6 Å². The zero-order valence-electron chi connectivity index (χ0n) is 13.9. The van der Waals surface area contributed by atoms with E-state index >= 15 is 0 Å². The number of nitrogens with zero attached hydrogens (tertiary/aromatic N) is 2. The number of carbonyl (C=O) groups excluding carboxylic acids is 1. The summed E-state index contributed by atoms with van der Waals surface area (Å²) >= 11 is 1.44. The number of carbonyl (C=O) groups is 1. The van der Waals surface area contributed by atoms with E-state index in [4.69, 9.17) is 5.73 Å². The molecule has 5 nitrogen and oxygen atoms in total. The Morgan fingerprint density at radius 1 is 1.59 bits per heavy atom. The molecule has 0 aliphatic carbocycles. The van der Waals surface area contributed by atoms with E-state index < -0.39 is 0 Å². The molecular formula is C16H28N4OS. The van der Waals surface area contributed by atoms with E-state index in [2.05, 4.69) is 36.0 Å². The van der Waals surface area contributed by atoms with E-state index in [1.165, 1.54) is 30.6 Å². The lowest BCUT2D eigenvalue weighted by molar-refractivity contribution is 0.0611. The number of hydrogen-bond acceptors (Lipinski definition) is 5. The van der Waals surface area contributed by atoms with Crippen molar-refractivity contribution in [1.29, 1.82) is 0 Å². The fourth-order valence-electron chi connectivity index (χ4n) is 2.96. The smallest absolute Gasteiger partial charge is 0.270 e. The van der Waals surface area contributed by atoms with Crippen LogP contribution in [0.5, 0.6) is 0 Å². The van der Waals surface area contributed by atoms with Gasteiger partial charge < -0.3 is 11.1 Å². The Kier molecular flexibility index (Phi) is 5.94. The molecule has 1 aliphatic rings. The molecule has 0 bridgehead atoms. The first-order valence-corrected chi connectivity index (χ1v) is 9.02. The number of amides is 1. The van der Waals surface area contributed by atoms with E-state index in [9.17, 15) is 4.79 Å². The SMILES string of the molecule is CCC1CCCN(C(C)(C)CNC(=O)c2csc(CN)n2)C1. The summed E-state index contributed by atoms with van der Waals surface area (Å²) in [5, 5.41) is 5.60. The molecule has 3 N–H and O–H groups in total. The number of aromatic nitrogens is 1. The lowest BCUT2D eigenvalue weighted by atomic mass is 9.91. The number of nitrogens with one attached hydrogen (secondary N) is 1. The second kappa shape index (κ2) is 7.53. The van der Waals surface area contributed by atoms with Crippen molar-refractivity contribution in [1.82, 2.24) is 15.2 Å². The molecular weight excluding hydrogens is 296 g/mol. The lowest BCUT2D eigenvalue weighted by Gasteiger charge is -2.43. The van der Waals surface area contributed by atoms with Crippen LogP contribution in [0.3, 0.4) is 0 Å². The zero-order chi connectivity index (χ0) is 16.2. The fourth-order valence-corrected chi connectivity index (χ4v) is 3.61. The van der Waals surface area contributed by atoms with Gasteiger partial charge in [0.15, 0.2) is 0 Å². The van der Waals surface area contributed by atoms with Gasteiger partial charge in [-0.15, -0.1) is 11.3 Å². The van der Waals surface area contributed by atoms with Crippen molar-refractivity contribution in [2.24, 2.45) is 11.7 Å². The molecule has 1 amide bonds. The maximum absolute atomic E-state index is 12.2. The van der Waals surface area contributed by atoms with Gasteiger partial charge in [-0.25, -0.2) is 4.98 Å². The molecule has 1 fully saturated rings. The molecule has 0 radical (unpaired) electrons. The van der Waals surface area contributed by atoms with Crippen molar-refractivity contribution < 1.29 is 4.79 Å². The van der Waals surface area contributed by atoms with Crippen molar-refractivity contribution in [3.05, 3.63) is 16.1 Å². The molecule has 2 heterocycles. The molecule has 0 aromatic carbocycles. The number of hydrogen-bond donors (Lipinski definition) is 2. The molecule has 124 valence electrons. The summed E-state index contributed by atoms with van der Waals surface area (Å²) in [5.41, 5.74) is 5.99. The monoisotopic (exact) mass is 324 g/mol. The molecule has 6 heteroatoms. The first kappa shape index (κ1) is 17.4. The Labute approximate surface area is 137 Å². The molecule has 1 aromatic heterocycles. The van der Waals surface area contributed by atoms with Crippen LogP contribution >= 0.6 is 11.3 Å². The second-order valence-electron chi connectivity index (χ2n) is 6.69. The number of rotatable bonds is 6. The van der Waals surface area contributed by atoms with Crippen molar-refractivity contribution in [2.45, 2.75) is 52.1 Å². The van der Waals surface area contributed by atoms with Crippen molar-refractivity contribution >= 4 is 17.2 Å². The number of thiazole rings is 1. The average Bonchev–Trinajstić information content (AvgIpc) is 3.02. The molecule has 2 rings (SSSR count). The van der Waals surface area contributed by atoms with Crippen LogP contribution in [0.4, 0.5) is 0 Å². The van der Waals surface area contributed by atoms with Crippen molar-refractivity contribution in [2.75, 3.05) is 19.6 Å². The molecule has 1 unspecified atom stereocenters. The van der Waals surface area contributed by atoms with Crippen LogP contribution in [0, 0.1) is 5.92 Å². The molecule has 1 aromatic rings. The predicted octanol–water partition coefficient (Wildman–Crippen LogP) is 2.23. The second-order valence-corrected chi connectivity index (χ2v) is 7.63. The summed E-state index contributed by atoms with van der Waals surface area (Å²) in [5.74, 6) is 0.683. The van der Waals surface area contributed by atoms with Crippen LogP contribution in [0.15, 0.2) is 5.38 Å². The van der Waals surface area contributed by atoms with Gasteiger partial charge in [0.25, 0.3) is 5.91 Å². The minimum absolute atomic E-state index is 0.0315. The third kappa shape index (κ3) is 4.27. The molecule has 1 atom stereocenters. The quantitative estimate of drug-likeness (QED) is 0.842. The summed E-state index contributed by atoms with van der Waals surface area (Å²) in [6, 6.07) is 0. The van der Waals surface area contributed by atoms with Crippen molar-refractivity contribution in [3.63, 3.8) is 0 Å². The van der Waals surface area contributed by atoms with E-state index in [0.29, 0.717) is 18.8 Å². The summed E-state index contributed by atoms with van der Waals surface area (Å²) in [6.07, 6.45) is 3.82. The topological polar surface area (TPSA) is 71.2 Å². The third-order valence-electron chi connectivity index (χ3n) is 4.59. The fraction of sp³-hybridized carbons (Fsp3) is 0.750. The minimum Gasteiger partial charge on any atom is -0.349 e. The van der Waals surface area contributed by atoms with Gasteiger partial charge in [-0.2, -0.15) is 0 Å². The first-order valence-electron chi connectivity index (χ1n) is 8.14. The van der Waals surface area contributed by atoms with Gasteiger partial charge in [-0.05, 0) is 39.2 Å². The third-order valence-corrected chi connectivity index (χ3v) is 5.46. The maximum Gasteiger partial charge on any atom is 0.270 e. The summed E-state index contributed by atoms with van der Waals surface area (Å²) < 4.78 is 0. The predicted molar refractivity (Wildman–Crippen MR) is 91.0 cm³/mol. The zero-order valence-corrected chi connectivity index (χ0v) is 14.7. The Hall–Kier alpha value is -0.980. The largest absolute Gasteiger partial charge is 0.349 e. The standard InChI is InChI=1S/C16H28N4OS/c1-4-12-6-5-7-20(9-12)16(2,3)11-18-15(21)13-10-22-14(8-17)19-13/h10,12H,4-9,11,17H2,1-3H3,(H,18,21). The molecule has 0 spiro atoms. The van der Waals surface area contributed by atoms with Gasteiger partial charge in [0.1, 0.15) is 10.7 Å².